The predicted octanol–water partition coefficient (Wildman–Crippen LogP) is 3.19. The summed E-state index contributed by atoms with van der Waals surface area (Å²) in [6.07, 6.45) is 3.43. The minimum absolute atomic E-state index is 0.133. The molecule has 4 heteroatoms. The minimum Gasteiger partial charge on any atom is -0.368 e. The lowest BCUT2D eigenvalue weighted by molar-refractivity contribution is 0.425. The summed E-state index contributed by atoms with van der Waals surface area (Å²) in [4.78, 5) is 6.20. The number of hydrogen-bond acceptors (Lipinski definition) is 2. The number of anilines is 1. The van der Waals surface area contributed by atoms with Crippen LogP contribution in [0.3, 0.4) is 0 Å². The Hall–Kier alpha value is -0.470. The van der Waals surface area contributed by atoms with Crippen LogP contribution >= 0.6 is 23.2 Å². The highest BCUT2D eigenvalue weighted by molar-refractivity contribution is 6.33. The molecular formula is C11H14Cl2N2. The fourth-order valence-corrected chi connectivity index (χ4v) is 2.38. The number of hydrogen-bond donors (Lipinski definition) is 0. The average Bonchev–Trinajstić information content (AvgIpc) is 2.42. The van der Waals surface area contributed by atoms with E-state index in [1.807, 2.05) is 6.07 Å². The molecule has 1 saturated heterocycles. The smallest absolute Gasteiger partial charge is 0.0822 e. The Balaban J connectivity index is 2.25. The lowest BCUT2D eigenvalue weighted by Gasteiger charge is -2.22. The number of nitrogens with zero attached hydrogens (tertiary/aromatic N) is 2. The van der Waals surface area contributed by atoms with Gasteiger partial charge in [-0.3, -0.25) is 4.98 Å². The van der Waals surface area contributed by atoms with Gasteiger partial charge < -0.3 is 4.90 Å². The molecule has 2 rings (SSSR count). The normalized spacial score (nSPS) is 24.5. The van der Waals surface area contributed by atoms with Crippen LogP contribution in [-0.4, -0.2) is 23.5 Å². The van der Waals surface area contributed by atoms with E-state index >= 15 is 0 Å². The molecule has 15 heavy (non-hydrogen) atoms. The average molecular weight is 245 g/mol. The van der Waals surface area contributed by atoms with Gasteiger partial charge in [-0.05, 0) is 6.07 Å². The van der Waals surface area contributed by atoms with Gasteiger partial charge in [-0.2, -0.15) is 0 Å². The van der Waals surface area contributed by atoms with Crippen LogP contribution in [0.2, 0.25) is 5.02 Å². The first-order valence-electron chi connectivity index (χ1n) is 4.99. The van der Waals surface area contributed by atoms with E-state index in [9.17, 15) is 0 Å². The van der Waals surface area contributed by atoms with Crippen molar-refractivity contribution in [1.29, 1.82) is 0 Å². The van der Waals surface area contributed by atoms with Crippen LogP contribution in [0.4, 0.5) is 5.69 Å². The van der Waals surface area contributed by atoms with Crippen molar-refractivity contribution in [3.63, 3.8) is 0 Å². The maximum atomic E-state index is 6.30. The number of aromatic nitrogens is 1. The van der Waals surface area contributed by atoms with E-state index in [0.29, 0.717) is 5.02 Å². The third-order valence-corrected chi connectivity index (χ3v) is 3.94. The Morgan fingerprint density at radius 3 is 2.80 bits per heavy atom. The molecule has 0 N–H and O–H groups in total. The predicted molar refractivity (Wildman–Crippen MR) is 64.9 cm³/mol. The summed E-state index contributed by atoms with van der Waals surface area (Å²) in [5, 5.41) is 0.862. The van der Waals surface area contributed by atoms with Crippen molar-refractivity contribution in [2.75, 3.05) is 18.0 Å². The molecule has 82 valence electrons. The van der Waals surface area contributed by atoms with Crippen molar-refractivity contribution in [3.05, 3.63) is 23.5 Å². The van der Waals surface area contributed by atoms with Crippen LogP contribution in [0.1, 0.15) is 13.8 Å². The van der Waals surface area contributed by atoms with Gasteiger partial charge in [0.15, 0.2) is 0 Å². The summed E-state index contributed by atoms with van der Waals surface area (Å²) in [7, 11) is 0. The Morgan fingerprint density at radius 1 is 1.53 bits per heavy atom. The zero-order valence-corrected chi connectivity index (χ0v) is 10.4. The van der Waals surface area contributed by atoms with E-state index in [4.69, 9.17) is 23.2 Å². The van der Waals surface area contributed by atoms with E-state index < -0.39 is 0 Å². The van der Waals surface area contributed by atoms with Crippen molar-refractivity contribution >= 4 is 28.9 Å². The van der Waals surface area contributed by atoms with Crippen molar-refractivity contribution in [2.45, 2.75) is 19.2 Å². The third kappa shape index (κ3) is 2.06. The summed E-state index contributed by atoms with van der Waals surface area (Å²) < 4.78 is 0. The van der Waals surface area contributed by atoms with Gasteiger partial charge in [-0.25, -0.2) is 0 Å². The maximum absolute atomic E-state index is 6.30. The molecule has 2 nitrogen and oxygen atoms in total. The first kappa shape index (κ1) is 11.0. The van der Waals surface area contributed by atoms with Crippen LogP contribution in [0, 0.1) is 5.41 Å². The molecule has 2 heterocycles. The van der Waals surface area contributed by atoms with Crippen LogP contribution in [-0.2, 0) is 0 Å². The molecule has 0 spiro atoms. The largest absolute Gasteiger partial charge is 0.368 e. The molecule has 0 aliphatic carbocycles. The molecule has 1 atom stereocenters. The lowest BCUT2D eigenvalue weighted by atomic mass is 9.92. The molecule has 1 unspecified atom stereocenters. The number of rotatable bonds is 1. The van der Waals surface area contributed by atoms with Gasteiger partial charge in [0.05, 0.1) is 16.1 Å². The molecule has 0 bridgehead atoms. The molecule has 1 aromatic rings. The molecule has 1 fully saturated rings. The molecule has 1 aliphatic heterocycles. The van der Waals surface area contributed by atoms with Crippen molar-refractivity contribution in [2.24, 2.45) is 5.41 Å². The number of alkyl halides is 1. The van der Waals surface area contributed by atoms with Crippen molar-refractivity contribution in [3.8, 4) is 0 Å². The fourth-order valence-electron chi connectivity index (χ4n) is 1.90. The Kier molecular flexibility index (Phi) is 2.82. The fraction of sp³-hybridized carbons (Fsp3) is 0.545. The molecular weight excluding hydrogens is 231 g/mol. The van der Waals surface area contributed by atoms with Gasteiger partial charge in [0.25, 0.3) is 0 Å². The lowest BCUT2D eigenvalue weighted by Crippen LogP contribution is -2.23. The van der Waals surface area contributed by atoms with Crippen LogP contribution in [0.15, 0.2) is 18.5 Å². The molecule has 0 saturated carbocycles. The number of pyridine rings is 1. The SMILES string of the molecule is CC1(C)CN(c2ccncc2Cl)CC1Cl. The maximum Gasteiger partial charge on any atom is 0.0822 e. The number of halogens is 2. The van der Waals surface area contributed by atoms with Gasteiger partial charge in [0, 0.05) is 30.9 Å². The Bertz CT molecular complexity index is 365. The van der Waals surface area contributed by atoms with Crippen LogP contribution < -0.4 is 4.90 Å². The van der Waals surface area contributed by atoms with E-state index in [1.54, 1.807) is 12.4 Å². The quantitative estimate of drug-likeness (QED) is 0.706. The second kappa shape index (κ2) is 3.84. The highest BCUT2D eigenvalue weighted by Crippen LogP contribution is 2.38. The second-order valence-corrected chi connectivity index (χ2v) is 5.60. The summed E-state index contributed by atoms with van der Waals surface area (Å²) in [5.74, 6) is 0. The molecule has 1 aromatic heterocycles. The highest BCUT2D eigenvalue weighted by atomic mass is 35.5. The standard InChI is InChI=1S/C11H14Cl2N2/c1-11(2)7-15(6-10(11)13)9-3-4-14-5-8(9)12/h3-5,10H,6-7H2,1-2H3. The van der Waals surface area contributed by atoms with Gasteiger partial charge in [-0.15, -0.1) is 11.6 Å². The van der Waals surface area contributed by atoms with E-state index in [2.05, 4.69) is 23.7 Å². The zero-order chi connectivity index (χ0) is 11.1. The molecule has 0 radical (unpaired) electrons. The van der Waals surface area contributed by atoms with Gasteiger partial charge in [-0.1, -0.05) is 25.4 Å². The molecule has 0 aromatic carbocycles. The van der Waals surface area contributed by atoms with Crippen molar-refractivity contribution in [1.82, 2.24) is 4.98 Å². The summed E-state index contributed by atoms with van der Waals surface area (Å²) in [6, 6.07) is 1.94. The monoisotopic (exact) mass is 244 g/mol. The van der Waals surface area contributed by atoms with Crippen LogP contribution in [0.25, 0.3) is 0 Å². The van der Waals surface area contributed by atoms with Crippen molar-refractivity contribution < 1.29 is 0 Å². The van der Waals surface area contributed by atoms with E-state index in [-0.39, 0.29) is 10.8 Å². The Morgan fingerprint density at radius 2 is 2.27 bits per heavy atom. The second-order valence-electron chi connectivity index (χ2n) is 4.66. The van der Waals surface area contributed by atoms with Gasteiger partial charge in [0.1, 0.15) is 0 Å². The first-order chi connectivity index (χ1) is 7.00. The molecule has 1 aliphatic rings. The van der Waals surface area contributed by atoms with E-state index in [1.165, 1.54) is 0 Å². The third-order valence-electron chi connectivity index (χ3n) is 2.92. The van der Waals surface area contributed by atoms with Gasteiger partial charge >= 0.3 is 0 Å². The summed E-state index contributed by atoms with van der Waals surface area (Å²) in [6.45, 7) is 6.14. The first-order valence-corrected chi connectivity index (χ1v) is 5.81. The van der Waals surface area contributed by atoms with Gasteiger partial charge in [0.2, 0.25) is 0 Å². The zero-order valence-electron chi connectivity index (χ0n) is 8.87. The summed E-state index contributed by atoms with van der Waals surface area (Å²) in [5.41, 5.74) is 1.16. The Labute approximate surface area is 100 Å². The minimum atomic E-state index is 0.133. The topological polar surface area (TPSA) is 16.1 Å². The molecule has 0 amide bonds. The van der Waals surface area contributed by atoms with E-state index in [0.717, 1.165) is 18.8 Å². The summed E-state index contributed by atoms with van der Waals surface area (Å²) >= 11 is 12.4. The van der Waals surface area contributed by atoms with Crippen LogP contribution in [0.5, 0.6) is 0 Å². The highest BCUT2D eigenvalue weighted by Gasteiger charge is 2.38.